The first kappa shape index (κ1) is 18.3. The van der Waals surface area contributed by atoms with E-state index in [4.69, 9.17) is 9.47 Å². The molecular weight excluding hydrogens is 330 g/mol. The molecule has 0 bridgehead atoms. The number of aliphatic hydroxyl groups excluding tert-OH is 1. The summed E-state index contributed by atoms with van der Waals surface area (Å²) < 4.78 is 11.3. The molecule has 26 heavy (non-hydrogen) atoms. The maximum absolute atomic E-state index is 12.2. The van der Waals surface area contributed by atoms with Gasteiger partial charge in [0.15, 0.2) is 0 Å². The van der Waals surface area contributed by atoms with Gasteiger partial charge in [-0.05, 0) is 42.7 Å². The van der Waals surface area contributed by atoms with E-state index in [1.807, 2.05) is 62.4 Å². The highest BCUT2D eigenvalue weighted by Crippen LogP contribution is 2.22. The Balaban J connectivity index is 1.51. The minimum Gasteiger partial charge on any atom is -0.488 e. The van der Waals surface area contributed by atoms with E-state index >= 15 is 0 Å². The second-order valence-electron chi connectivity index (χ2n) is 6.74. The van der Waals surface area contributed by atoms with Crippen molar-refractivity contribution >= 4 is 6.09 Å². The Bertz CT molecular complexity index is 747. The molecule has 2 aromatic carbocycles. The van der Waals surface area contributed by atoms with Gasteiger partial charge in [-0.25, -0.2) is 4.79 Å². The van der Waals surface area contributed by atoms with E-state index in [1.165, 1.54) is 10.5 Å². The lowest BCUT2D eigenvalue weighted by molar-refractivity contribution is -0.0252. The number of rotatable bonds is 4. The third-order valence-electron chi connectivity index (χ3n) is 4.75. The molecular formula is C21H25NO4. The van der Waals surface area contributed by atoms with Crippen LogP contribution in [0.2, 0.25) is 0 Å². The Morgan fingerprint density at radius 2 is 1.92 bits per heavy atom. The molecule has 5 nitrogen and oxygen atoms in total. The Morgan fingerprint density at radius 1 is 1.15 bits per heavy atom. The van der Waals surface area contributed by atoms with Crippen molar-refractivity contribution in [1.82, 2.24) is 4.90 Å². The van der Waals surface area contributed by atoms with Crippen LogP contribution in [0.5, 0.6) is 5.75 Å². The van der Waals surface area contributed by atoms with Crippen LogP contribution in [-0.4, -0.2) is 41.4 Å². The number of ether oxygens (including phenoxy) is 2. The lowest BCUT2D eigenvalue weighted by Crippen LogP contribution is -2.51. The number of likely N-dealkylation sites (tertiary alicyclic amines) is 1. The van der Waals surface area contributed by atoms with Crippen molar-refractivity contribution in [3.8, 4) is 5.75 Å². The lowest BCUT2D eigenvalue weighted by Gasteiger charge is -2.35. The summed E-state index contributed by atoms with van der Waals surface area (Å²) >= 11 is 0. The van der Waals surface area contributed by atoms with Crippen molar-refractivity contribution in [2.75, 3.05) is 13.1 Å². The molecule has 0 aliphatic carbocycles. The van der Waals surface area contributed by atoms with E-state index in [-0.39, 0.29) is 19.3 Å². The van der Waals surface area contributed by atoms with Crippen molar-refractivity contribution in [2.45, 2.75) is 39.1 Å². The molecule has 0 spiro atoms. The molecule has 1 N–H and O–H groups in total. The Hall–Kier alpha value is -2.53. The Kier molecular flexibility index (Phi) is 5.78. The van der Waals surface area contributed by atoms with Crippen LogP contribution in [0.1, 0.15) is 23.1 Å². The summed E-state index contributed by atoms with van der Waals surface area (Å²) in [5.41, 5.74) is 3.29. The van der Waals surface area contributed by atoms with Gasteiger partial charge in [-0.3, -0.25) is 0 Å². The number of hydrogen-bond acceptors (Lipinski definition) is 4. The molecule has 1 aliphatic heterocycles. The molecule has 1 amide bonds. The molecule has 0 aromatic heterocycles. The molecule has 1 heterocycles. The van der Waals surface area contributed by atoms with Crippen LogP contribution in [-0.2, 0) is 11.3 Å². The summed E-state index contributed by atoms with van der Waals surface area (Å²) in [7, 11) is 0. The zero-order valence-electron chi connectivity index (χ0n) is 15.2. The predicted octanol–water partition coefficient (Wildman–Crippen LogP) is 3.45. The number of aliphatic hydroxyl groups is 1. The van der Waals surface area contributed by atoms with Gasteiger partial charge >= 0.3 is 6.09 Å². The largest absolute Gasteiger partial charge is 0.488 e. The molecule has 0 unspecified atom stereocenters. The van der Waals surface area contributed by atoms with E-state index in [1.54, 1.807) is 0 Å². The second-order valence-corrected chi connectivity index (χ2v) is 6.74. The van der Waals surface area contributed by atoms with Gasteiger partial charge in [0.1, 0.15) is 24.6 Å². The Labute approximate surface area is 154 Å². The number of β-amino-alcohol motifs (C(OH)–C–C–N with tert-alkyl or cyclic N) is 1. The van der Waals surface area contributed by atoms with E-state index < -0.39 is 12.2 Å². The van der Waals surface area contributed by atoms with Gasteiger partial charge in [-0.15, -0.1) is 0 Å². The van der Waals surface area contributed by atoms with Crippen molar-refractivity contribution in [1.29, 1.82) is 0 Å². The number of amides is 1. The minimum absolute atomic E-state index is 0.211. The standard InChI is InChI=1S/C21H25NO4/c1-15-8-9-18(12-16(15)2)26-20-10-11-22(13-19(20)23)21(24)25-14-17-6-4-3-5-7-17/h3-9,12,19-20,23H,10-11,13-14H2,1-2H3/t19-,20-/m1/s1. The average Bonchev–Trinajstić information content (AvgIpc) is 2.65. The number of benzene rings is 2. The fraction of sp³-hybridized carbons (Fsp3) is 0.381. The van der Waals surface area contributed by atoms with Crippen molar-refractivity contribution < 1.29 is 19.4 Å². The quantitative estimate of drug-likeness (QED) is 0.913. The highest BCUT2D eigenvalue weighted by molar-refractivity contribution is 5.67. The third kappa shape index (κ3) is 4.55. The Morgan fingerprint density at radius 3 is 2.62 bits per heavy atom. The molecule has 138 valence electrons. The first-order chi connectivity index (χ1) is 12.5. The smallest absolute Gasteiger partial charge is 0.410 e. The van der Waals surface area contributed by atoms with Gasteiger partial charge < -0.3 is 19.5 Å². The van der Waals surface area contributed by atoms with Crippen LogP contribution in [0.3, 0.4) is 0 Å². The molecule has 1 aliphatic rings. The monoisotopic (exact) mass is 355 g/mol. The van der Waals surface area contributed by atoms with Crippen LogP contribution in [0, 0.1) is 13.8 Å². The van der Waals surface area contributed by atoms with Gasteiger partial charge in [0.25, 0.3) is 0 Å². The molecule has 0 radical (unpaired) electrons. The summed E-state index contributed by atoms with van der Waals surface area (Å²) in [4.78, 5) is 13.8. The van der Waals surface area contributed by atoms with Crippen LogP contribution in [0.4, 0.5) is 4.79 Å². The number of hydrogen-bond donors (Lipinski definition) is 1. The molecule has 1 saturated heterocycles. The van der Waals surface area contributed by atoms with Crippen LogP contribution in [0.25, 0.3) is 0 Å². The van der Waals surface area contributed by atoms with Crippen molar-refractivity contribution in [3.63, 3.8) is 0 Å². The summed E-state index contributed by atoms with van der Waals surface area (Å²) in [5, 5.41) is 10.4. The molecule has 5 heteroatoms. The van der Waals surface area contributed by atoms with E-state index in [2.05, 4.69) is 0 Å². The van der Waals surface area contributed by atoms with E-state index in [0.717, 1.165) is 16.9 Å². The van der Waals surface area contributed by atoms with E-state index in [0.29, 0.717) is 13.0 Å². The van der Waals surface area contributed by atoms with Gasteiger partial charge in [0.2, 0.25) is 0 Å². The number of nitrogens with zero attached hydrogens (tertiary/aromatic N) is 1. The van der Waals surface area contributed by atoms with Crippen molar-refractivity contribution in [3.05, 3.63) is 65.2 Å². The second kappa shape index (κ2) is 8.23. The van der Waals surface area contributed by atoms with E-state index in [9.17, 15) is 9.90 Å². The molecule has 2 aromatic rings. The third-order valence-corrected chi connectivity index (χ3v) is 4.75. The molecule has 3 rings (SSSR count). The fourth-order valence-electron chi connectivity index (χ4n) is 2.99. The predicted molar refractivity (Wildman–Crippen MR) is 99.2 cm³/mol. The van der Waals surface area contributed by atoms with Gasteiger partial charge in [0.05, 0.1) is 6.54 Å². The lowest BCUT2D eigenvalue weighted by atomic mass is 10.0. The zero-order valence-corrected chi connectivity index (χ0v) is 15.2. The normalized spacial score (nSPS) is 19.9. The molecule has 0 saturated carbocycles. The summed E-state index contributed by atoms with van der Waals surface area (Å²) in [6.45, 7) is 5.02. The SMILES string of the molecule is Cc1ccc(O[C@@H]2CCN(C(=O)OCc3ccccc3)C[C@H]2O)cc1C. The highest BCUT2D eigenvalue weighted by Gasteiger charge is 2.32. The average molecular weight is 355 g/mol. The maximum Gasteiger partial charge on any atom is 0.410 e. The number of piperidine rings is 1. The van der Waals surface area contributed by atoms with Crippen molar-refractivity contribution in [2.24, 2.45) is 0 Å². The summed E-state index contributed by atoms with van der Waals surface area (Å²) in [6.07, 6.45) is -0.906. The maximum atomic E-state index is 12.2. The zero-order chi connectivity index (χ0) is 18.5. The minimum atomic E-state index is -0.741. The first-order valence-electron chi connectivity index (χ1n) is 8.90. The topological polar surface area (TPSA) is 59.0 Å². The first-order valence-corrected chi connectivity index (χ1v) is 8.90. The highest BCUT2D eigenvalue weighted by atomic mass is 16.6. The van der Waals surface area contributed by atoms with Crippen LogP contribution < -0.4 is 4.74 Å². The van der Waals surface area contributed by atoms with Crippen LogP contribution >= 0.6 is 0 Å². The molecule has 1 fully saturated rings. The van der Waals surface area contributed by atoms with Gasteiger partial charge in [-0.1, -0.05) is 36.4 Å². The summed E-state index contributed by atoms with van der Waals surface area (Å²) in [5.74, 6) is 0.747. The summed E-state index contributed by atoms with van der Waals surface area (Å²) in [6, 6.07) is 15.4. The number of carbonyl (C=O) groups excluding carboxylic acids is 1. The van der Waals surface area contributed by atoms with Crippen LogP contribution in [0.15, 0.2) is 48.5 Å². The van der Waals surface area contributed by atoms with Gasteiger partial charge in [0, 0.05) is 13.0 Å². The fourth-order valence-corrected chi connectivity index (χ4v) is 2.99. The molecule has 2 atom stereocenters. The number of aryl methyl sites for hydroxylation is 2. The van der Waals surface area contributed by atoms with Gasteiger partial charge in [-0.2, -0.15) is 0 Å². The number of carbonyl (C=O) groups is 1.